The molecule has 1 aliphatic rings. The Balaban J connectivity index is 1.69. The Labute approximate surface area is 144 Å². The minimum absolute atomic E-state index is 0.298. The fraction of sp³-hybridized carbons (Fsp3) is 0.312. The minimum atomic E-state index is -0.298. The average molecular weight is 351 g/mol. The number of benzene rings is 1. The Morgan fingerprint density at radius 2 is 1.61 bits per heavy atom. The van der Waals surface area contributed by atoms with Crippen molar-refractivity contribution in [3.05, 3.63) is 46.2 Å². The molecule has 1 fully saturated rings. The number of nitrogens with zero attached hydrogens (tertiary/aromatic N) is 3. The highest BCUT2D eigenvalue weighted by Crippen LogP contribution is 2.23. The summed E-state index contributed by atoms with van der Waals surface area (Å²) in [4.78, 5) is 23.0. The van der Waals surface area contributed by atoms with Crippen molar-refractivity contribution in [2.45, 2.75) is 19.3 Å². The van der Waals surface area contributed by atoms with E-state index in [0.29, 0.717) is 27.2 Å². The summed E-state index contributed by atoms with van der Waals surface area (Å²) in [5.74, 6) is 0.376. The standard InChI is InChI=1S/C16H16Cl2N4O/c17-12-6-13(18)8-14(7-12)21-15(23)11-9-19-16(20-10-11)22-4-2-1-3-5-22/h6-10H,1-5H2,(H,21,23). The zero-order valence-electron chi connectivity index (χ0n) is 12.4. The molecule has 0 bridgehead atoms. The highest BCUT2D eigenvalue weighted by Gasteiger charge is 2.14. The summed E-state index contributed by atoms with van der Waals surface area (Å²) in [5.41, 5.74) is 0.925. The molecule has 0 aliphatic carbocycles. The Bertz CT molecular complexity index is 679. The number of hydrogen-bond acceptors (Lipinski definition) is 4. The van der Waals surface area contributed by atoms with Gasteiger partial charge in [-0.3, -0.25) is 4.79 Å². The maximum atomic E-state index is 12.2. The van der Waals surface area contributed by atoms with Crippen molar-refractivity contribution >= 4 is 40.7 Å². The molecule has 1 aromatic carbocycles. The van der Waals surface area contributed by atoms with Crippen LogP contribution in [0.5, 0.6) is 0 Å². The normalized spacial score (nSPS) is 14.6. The quantitative estimate of drug-likeness (QED) is 0.907. The van der Waals surface area contributed by atoms with Crippen molar-refractivity contribution in [3.63, 3.8) is 0 Å². The van der Waals surface area contributed by atoms with Gasteiger partial charge in [0.05, 0.1) is 5.56 Å². The third-order valence-corrected chi connectivity index (χ3v) is 4.10. The largest absolute Gasteiger partial charge is 0.341 e. The lowest BCUT2D eigenvalue weighted by Gasteiger charge is -2.26. The van der Waals surface area contributed by atoms with Crippen LogP contribution in [0.1, 0.15) is 29.6 Å². The topological polar surface area (TPSA) is 58.1 Å². The summed E-state index contributed by atoms with van der Waals surface area (Å²) in [6.07, 6.45) is 6.64. The smallest absolute Gasteiger partial charge is 0.258 e. The van der Waals surface area contributed by atoms with Gasteiger partial charge in [-0.1, -0.05) is 23.2 Å². The predicted molar refractivity (Wildman–Crippen MR) is 92.5 cm³/mol. The van der Waals surface area contributed by atoms with E-state index in [0.717, 1.165) is 25.9 Å². The van der Waals surface area contributed by atoms with Crippen LogP contribution < -0.4 is 10.2 Å². The zero-order valence-corrected chi connectivity index (χ0v) is 13.9. The van der Waals surface area contributed by atoms with Crippen molar-refractivity contribution in [2.75, 3.05) is 23.3 Å². The minimum Gasteiger partial charge on any atom is -0.341 e. The van der Waals surface area contributed by atoms with Gasteiger partial charge in [0.15, 0.2) is 0 Å². The number of nitrogens with one attached hydrogen (secondary N) is 1. The Hall–Kier alpha value is -1.85. The van der Waals surface area contributed by atoms with Crippen molar-refractivity contribution in [1.82, 2.24) is 9.97 Å². The first-order chi connectivity index (χ1) is 11.1. The molecule has 1 N–H and O–H groups in total. The fourth-order valence-electron chi connectivity index (χ4n) is 2.52. The first-order valence-corrected chi connectivity index (χ1v) is 8.22. The molecule has 5 nitrogen and oxygen atoms in total. The molecule has 0 radical (unpaired) electrons. The SMILES string of the molecule is O=C(Nc1cc(Cl)cc(Cl)c1)c1cnc(N2CCCCC2)nc1. The van der Waals surface area contributed by atoms with E-state index in [-0.39, 0.29) is 5.91 Å². The molecule has 120 valence electrons. The molecule has 1 saturated heterocycles. The van der Waals surface area contributed by atoms with E-state index in [2.05, 4.69) is 20.2 Å². The Kier molecular flexibility index (Phi) is 4.98. The zero-order chi connectivity index (χ0) is 16.2. The van der Waals surface area contributed by atoms with Crippen molar-refractivity contribution in [1.29, 1.82) is 0 Å². The van der Waals surface area contributed by atoms with E-state index in [4.69, 9.17) is 23.2 Å². The molecule has 0 saturated carbocycles. The molecule has 2 aromatic rings. The van der Waals surface area contributed by atoms with E-state index in [9.17, 15) is 4.79 Å². The number of hydrogen-bond donors (Lipinski definition) is 1. The first-order valence-electron chi connectivity index (χ1n) is 7.46. The second kappa shape index (κ2) is 7.15. The number of carbonyl (C=O) groups excluding carboxylic acids is 1. The molecule has 1 aliphatic heterocycles. The maximum Gasteiger partial charge on any atom is 0.258 e. The molecule has 1 amide bonds. The number of piperidine rings is 1. The highest BCUT2D eigenvalue weighted by molar-refractivity contribution is 6.35. The van der Waals surface area contributed by atoms with Gasteiger partial charge in [-0.15, -0.1) is 0 Å². The first kappa shape index (κ1) is 16.0. The second-order valence-corrected chi connectivity index (χ2v) is 6.30. The van der Waals surface area contributed by atoms with Gasteiger partial charge in [0.2, 0.25) is 5.95 Å². The monoisotopic (exact) mass is 350 g/mol. The van der Waals surface area contributed by atoms with Crippen molar-refractivity contribution < 1.29 is 4.79 Å². The number of amides is 1. The van der Waals surface area contributed by atoms with Crippen LogP contribution in [0.25, 0.3) is 0 Å². The van der Waals surface area contributed by atoms with E-state index >= 15 is 0 Å². The van der Waals surface area contributed by atoms with E-state index in [1.807, 2.05) is 0 Å². The van der Waals surface area contributed by atoms with Gasteiger partial charge in [0.25, 0.3) is 5.91 Å². The second-order valence-electron chi connectivity index (χ2n) is 5.43. The molecule has 1 aromatic heterocycles. The van der Waals surface area contributed by atoms with Gasteiger partial charge in [0, 0.05) is 41.2 Å². The number of halogens is 2. The van der Waals surface area contributed by atoms with Crippen molar-refractivity contribution in [3.8, 4) is 0 Å². The van der Waals surface area contributed by atoms with Gasteiger partial charge >= 0.3 is 0 Å². The van der Waals surface area contributed by atoms with Crippen LogP contribution in [0.4, 0.5) is 11.6 Å². The lowest BCUT2D eigenvalue weighted by atomic mass is 10.1. The Morgan fingerprint density at radius 3 is 2.22 bits per heavy atom. The average Bonchev–Trinajstić information content (AvgIpc) is 2.55. The third-order valence-electron chi connectivity index (χ3n) is 3.66. The third kappa shape index (κ3) is 4.12. The molecular weight excluding hydrogens is 335 g/mol. The summed E-state index contributed by atoms with van der Waals surface area (Å²) >= 11 is 11.8. The van der Waals surface area contributed by atoms with Gasteiger partial charge in [-0.2, -0.15) is 0 Å². The van der Waals surface area contributed by atoms with Crippen molar-refractivity contribution in [2.24, 2.45) is 0 Å². The van der Waals surface area contributed by atoms with E-state index in [1.165, 1.54) is 6.42 Å². The molecule has 7 heteroatoms. The van der Waals surface area contributed by atoms with Gasteiger partial charge in [-0.25, -0.2) is 9.97 Å². The van der Waals surface area contributed by atoms with Gasteiger partial charge in [0.1, 0.15) is 0 Å². The summed E-state index contributed by atoms with van der Waals surface area (Å²) < 4.78 is 0. The van der Waals surface area contributed by atoms with Crippen LogP contribution in [0.2, 0.25) is 10.0 Å². The number of rotatable bonds is 3. The molecule has 23 heavy (non-hydrogen) atoms. The fourth-order valence-corrected chi connectivity index (χ4v) is 3.05. The Morgan fingerprint density at radius 1 is 1.00 bits per heavy atom. The van der Waals surface area contributed by atoms with Crippen LogP contribution in [0, 0.1) is 0 Å². The van der Waals surface area contributed by atoms with Crippen LogP contribution in [-0.2, 0) is 0 Å². The highest BCUT2D eigenvalue weighted by atomic mass is 35.5. The lowest BCUT2D eigenvalue weighted by molar-refractivity contribution is 0.102. The molecule has 0 unspecified atom stereocenters. The van der Waals surface area contributed by atoms with E-state index in [1.54, 1.807) is 30.6 Å². The summed E-state index contributed by atoms with van der Waals surface area (Å²) in [6.45, 7) is 1.93. The van der Waals surface area contributed by atoms with Crippen LogP contribution in [0.15, 0.2) is 30.6 Å². The molecule has 3 rings (SSSR count). The predicted octanol–water partition coefficient (Wildman–Crippen LogP) is 4.03. The molecular formula is C16H16Cl2N4O. The lowest BCUT2D eigenvalue weighted by Crippen LogP contribution is -2.31. The van der Waals surface area contributed by atoms with Crippen LogP contribution in [0.3, 0.4) is 0 Å². The molecule has 0 atom stereocenters. The number of carbonyl (C=O) groups is 1. The summed E-state index contributed by atoms with van der Waals surface area (Å²) in [6, 6.07) is 4.87. The molecule has 2 heterocycles. The maximum absolute atomic E-state index is 12.2. The van der Waals surface area contributed by atoms with Gasteiger partial charge < -0.3 is 10.2 Å². The molecule has 0 spiro atoms. The van der Waals surface area contributed by atoms with Crippen LogP contribution in [-0.4, -0.2) is 29.0 Å². The van der Waals surface area contributed by atoms with Crippen LogP contribution >= 0.6 is 23.2 Å². The summed E-state index contributed by atoms with van der Waals surface area (Å²) in [7, 11) is 0. The van der Waals surface area contributed by atoms with Gasteiger partial charge in [-0.05, 0) is 37.5 Å². The number of aromatic nitrogens is 2. The number of anilines is 2. The summed E-state index contributed by atoms with van der Waals surface area (Å²) in [5, 5.41) is 3.66. The van der Waals surface area contributed by atoms with E-state index < -0.39 is 0 Å².